The molecule has 2 aliphatic rings. The second-order valence-electron chi connectivity index (χ2n) is 21.0. The monoisotopic (exact) mass is 1230 g/mol. The molecule has 3 amide bonds. The zero-order valence-corrected chi connectivity index (χ0v) is 49.1. The minimum absolute atomic E-state index is 0.00194. The maximum atomic E-state index is 14.0. The van der Waals surface area contributed by atoms with Gasteiger partial charge in [-0.2, -0.15) is 4.99 Å². The number of amides is 3. The van der Waals surface area contributed by atoms with Crippen molar-refractivity contribution in [2.75, 3.05) is 164 Å². The summed E-state index contributed by atoms with van der Waals surface area (Å²) in [5.74, 6) is -13.4. The molecule has 0 aliphatic carbocycles. The van der Waals surface area contributed by atoms with Crippen LogP contribution in [-0.2, 0) is 59.2 Å². The van der Waals surface area contributed by atoms with Crippen molar-refractivity contribution in [1.82, 2.24) is 54.7 Å². The Balaban J connectivity index is 1.83. The molecule has 3 rings (SSSR count). The van der Waals surface area contributed by atoms with Gasteiger partial charge in [-0.05, 0) is 55.6 Å². The summed E-state index contributed by atoms with van der Waals surface area (Å²) in [5, 5.41) is 103. The fourth-order valence-electron chi connectivity index (χ4n) is 10.1. The van der Waals surface area contributed by atoms with Gasteiger partial charge >= 0.3 is 0 Å². The highest BCUT2D eigenvalue weighted by atomic mass is 32.1. The number of hydrogen-bond donors (Lipinski definition) is 2. The van der Waals surface area contributed by atoms with Gasteiger partial charge in [0.15, 0.2) is 0 Å². The van der Waals surface area contributed by atoms with E-state index < -0.39 is 123 Å². The Hall–Kier alpha value is -7.13. The highest BCUT2D eigenvalue weighted by molar-refractivity contribution is 7.78. The van der Waals surface area contributed by atoms with Gasteiger partial charge in [0.25, 0.3) is 0 Å². The van der Waals surface area contributed by atoms with E-state index in [4.69, 9.17) is 12.2 Å². The lowest BCUT2D eigenvalue weighted by Crippen LogP contribution is -2.55. The first kappa shape index (κ1) is 73.1. The molecule has 2 N–H and O–H groups in total. The minimum Gasteiger partial charge on any atom is -0.549 e. The Morgan fingerprint density at radius 2 is 0.849 bits per heavy atom. The number of aliphatic carboxylic acids is 8. The Bertz CT molecular complexity index is 2410. The average molecular weight is 1230 g/mol. The molecule has 31 nitrogen and oxygen atoms in total. The van der Waals surface area contributed by atoms with Crippen LogP contribution in [0.1, 0.15) is 51.0 Å². The quantitative estimate of drug-likeness (QED) is 0.0487. The van der Waals surface area contributed by atoms with Gasteiger partial charge < -0.3 is 94.7 Å². The first-order chi connectivity index (χ1) is 40.8. The van der Waals surface area contributed by atoms with Crippen LogP contribution in [0.2, 0.25) is 0 Å². The summed E-state index contributed by atoms with van der Waals surface area (Å²) >= 11 is 4.72. The lowest BCUT2D eigenvalue weighted by molar-refractivity contribution is -0.313. The molecule has 2 aliphatic heterocycles. The topological polar surface area (TPSA) is 438 Å². The first-order valence-corrected chi connectivity index (χ1v) is 28.7. The van der Waals surface area contributed by atoms with Crippen LogP contribution in [0.5, 0.6) is 0 Å². The molecule has 0 aromatic heterocycles. The van der Waals surface area contributed by atoms with Crippen molar-refractivity contribution in [2.45, 2.75) is 70.0 Å². The lowest BCUT2D eigenvalue weighted by atomic mass is 10.0. The van der Waals surface area contributed by atoms with Crippen LogP contribution in [-0.4, -0.2) is 296 Å². The number of carboxylic acid groups (broad SMARTS) is 8. The summed E-state index contributed by atoms with van der Waals surface area (Å²) in [6, 6.07) is 2.97. The predicted molar refractivity (Wildman–Crippen MR) is 289 cm³/mol. The summed E-state index contributed by atoms with van der Waals surface area (Å²) < 4.78 is 0. The smallest absolute Gasteiger partial charge is 0.222 e. The molecule has 1 aromatic rings. The number of hydrogen-bond acceptors (Lipinski definition) is 29. The molecule has 32 heteroatoms. The molecule has 2 fully saturated rings. The third-order valence-electron chi connectivity index (χ3n) is 14.5. The molecule has 0 saturated carbocycles. The van der Waals surface area contributed by atoms with Crippen LogP contribution >= 0.6 is 12.2 Å². The second-order valence-corrected chi connectivity index (χ2v) is 21.2. The zero-order chi connectivity index (χ0) is 63.7. The van der Waals surface area contributed by atoms with Crippen LogP contribution in [0.4, 0.5) is 5.69 Å². The van der Waals surface area contributed by atoms with Crippen LogP contribution in [0.15, 0.2) is 29.3 Å². The largest absolute Gasteiger partial charge is 0.549 e. The standard InChI is InChI=1S/C54H84N12O19S/c1-2-3-46(69)66(13-12-55-44(67)10-8-42(53(82)83)64-26-22-60(34-49(74)75)18-14-58(32-47(70)71)15-19-61(23-27-64)35-50(76)77)31-41(30-39-4-6-40(7-5-39)56-38-86)57-45(68)11-9-43(54(84)85)65-28-24-62(36-51(78)79)20-16-59(33-48(72)73)17-21-63(25-29-65)37-52(80)81/h4-7,41-43H,2-3,8-37H2,1H3,(H,55,67)(H,57,68)(H,70,71)(H,72,73)(H,74,75)(H,76,77)(H,78,79)(H,80,81)(H,82,83)(H,84,85)/p-8/t41-,42-,43-/m0/s1. The van der Waals surface area contributed by atoms with Crippen molar-refractivity contribution in [3.63, 3.8) is 0 Å². The van der Waals surface area contributed by atoms with Crippen molar-refractivity contribution in [2.24, 2.45) is 4.99 Å². The summed E-state index contributed by atoms with van der Waals surface area (Å²) in [5.41, 5.74) is 1.15. The first-order valence-electron chi connectivity index (χ1n) is 28.3. The second kappa shape index (κ2) is 39.5. The van der Waals surface area contributed by atoms with E-state index in [1.807, 2.05) is 0 Å². The van der Waals surface area contributed by atoms with E-state index >= 15 is 0 Å². The van der Waals surface area contributed by atoms with E-state index in [0.717, 1.165) is 0 Å². The van der Waals surface area contributed by atoms with Crippen LogP contribution < -0.4 is 51.5 Å². The number of carbonyl (C=O) groups is 11. The van der Waals surface area contributed by atoms with Crippen molar-refractivity contribution in [1.29, 1.82) is 0 Å². The summed E-state index contributed by atoms with van der Waals surface area (Å²) in [7, 11) is 0. The van der Waals surface area contributed by atoms with Crippen LogP contribution in [0, 0.1) is 0 Å². The van der Waals surface area contributed by atoms with Gasteiger partial charge in [-0.15, -0.1) is 0 Å². The van der Waals surface area contributed by atoms with Gasteiger partial charge in [0.2, 0.25) is 17.7 Å². The number of nitrogens with one attached hydrogen (secondary N) is 2. The maximum Gasteiger partial charge on any atom is 0.222 e. The van der Waals surface area contributed by atoms with Crippen molar-refractivity contribution < 1.29 is 93.6 Å². The molecule has 3 atom stereocenters. The molecule has 0 unspecified atom stereocenters. The fraction of sp³-hybridized carbons (Fsp3) is 0.667. The summed E-state index contributed by atoms with van der Waals surface area (Å²) in [6.07, 6.45) is -0.868. The van der Waals surface area contributed by atoms with Gasteiger partial charge in [0, 0.05) is 195 Å². The highest BCUT2D eigenvalue weighted by Gasteiger charge is 2.28. The molecule has 2 heterocycles. The molecule has 0 bridgehead atoms. The Morgan fingerprint density at radius 1 is 0.512 bits per heavy atom. The number of nitrogens with zero attached hydrogens (tertiary/aromatic N) is 10. The highest BCUT2D eigenvalue weighted by Crippen LogP contribution is 2.17. The van der Waals surface area contributed by atoms with E-state index in [9.17, 15) is 93.6 Å². The number of isothiocyanates is 1. The number of carboxylic acids is 8. The van der Waals surface area contributed by atoms with Gasteiger partial charge in [-0.3, -0.25) is 53.6 Å². The number of carbonyl (C=O) groups excluding carboxylic acids is 11. The third kappa shape index (κ3) is 30.3. The zero-order valence-electron chi connectivity index (χ0n) is 48.3. The maximum absolute atomic E-state index is 14.0. The Kier molecular flexibility index (Phi) is 33.6. The van der Waals surface area contributed by atoms with E-state index in [1.165, 1.54) is 44.1 Å². The van der Waals surface area contributed by atoms with Crippen molar-refractivity contribution >= 4 is 88.5 Å². The summed E-state index contributed by atoms with van der Waals surface area (Å²) in [4.78, 5) is 153. The molecule has 0 spiro atoms. The number of aliphatic imine (C=N–C) groups is 1. The Morgan fingerprint density at radius 3 is 1.16 bits per heavy atom. The Labute approximate surface area is 503 Å². The summed E-state index contributed by atoms with van der Waals surface area (Å²) in [6.45, 7) is -2.50. The predicted octanol–water partition coefficient (Wildman–Crippen LogP) is -13.1. The van der Waals surface area contributed by atoms with Gasteiger partial charge in [0.05, 0.1) is 64.6 Å². The van der Waals surface area contributed by atoms with Gasteiger partial charge in [0.1, 0.15) is 0 Å². The molecule has 1 aromatic carbocycles. The minimum atomic E-state index is -1.59. The molecular formula is C54H76N12O19S-8. The lowest BCUT2D eigenvalue weighted by Gasteiger charge is -2.38. The van der Waals surface area contributed by atoms with E-state index in [2.05, 4.69) is 20.8 Å². The number of thiocarbonyl (C=S) groups is 1. The van der Waals surface area contributed by atoms with E-state index in [1.54, 1.807) is 31.2 Å². The molecule has 0 radical (unpaired) electrons. The molecular weight excluding hydrogens is 1150 g/mol. The molecule has 86 heavy (non-hydrogen) atoms. The average Bonchev–Trinajstić information content (AvgIpc) is 3.52. The van der Waals surface area contributed by atoms with Crippen molar-refractivity contribution in [3.8, 4) is 0 Å². The van der Waals surface area contributed by atoms with E-state index in [0.29, 0.717) is 17.7 Å². The molecule has 2 saturated heterocycles. The number of benzene rings is 1. The van der Waals surface area contributed by atoms with Crippen molar-refractivity contribution in [3.05, 3.63) is 29.8 Å². The normalized spacial score (nSPS) is 17.7. The van der Waals surface area contributed by atoms with Crippen LogP contribution in [0.3, 0.4) is 0 Å². The fourth-order valence-corrected chi connectivity index (χ4v) is 10.2. The van der Waals surface area contributed by atoms with Crippen LogP contribution in [0.25, 0.3) is 0 Å². The SMILES string of the molecule is CCCC(=O)N(CCNC(=O)CC[C@@H](C(=O)[O-])N1CCN(CC(=O)[O-])CCN(CC(=O)[O-])CCN(CC(=O)[O-])CC1)C[C@H](Cc1ccc(N=C=S)cc1)NC(=O)CC[C@@H](C(=O)[O-])N1CCN(CC(=O)[O-])CCN(CC(=O)[O-])CCN(CC(=O)[O-])CC1. The van der Waals surface area contributed by atoms with E-state index in [-0.39, 0.29) is 162 Å². The molecule has 480 valence electrons. The number of rotatable bonds is 33. The third-order valence-corrected chi connectivity index (χ3v) is 14.6. The van der Waals surface area contributed by atoms with Gasteiger partial charge in [-0.1, -0.05) is 19.1 Å². The van der Waals surface area contributed by atoms with Gasteiger partial charge in [-0.25, -0.2) is 0 Å².